The number of ketones is 2. The molecule has 1 saturated heterocycles. The van der Waals surface area contributed by atoms with E-state index in [1.165, 1.54) is 54.7 Å². The molecular weight excluding hydrogens is 341 g/mol. The van der Waals surface area contributed by atoms with Crippen LogP contribution in [0.1, 0.15) is 28.6 Å². The van der Waals surface area contributed by atoms with Gasteiger partial charge in [-0.3, -0.25) is 14.4 Å². The first-order chi connectivity index (χ1) is 12.5. The van der Waals surface area contributed by atoms with E-state index in [0.717, 1.165) is 0 Å². The highest BCUT2D eigenvalue weighted by molar-refractivity contribution is 6.43. The van der Waals surface area contributed by atoms with Crippen molar-refractivity contribution in [1.29, 1.82) is 0 Å². The van der Waals surface area contributed by atoms with Crippen molar-refractivity contribution in [2.24, 2.45) is 5.92 Å². The van der Waals surface area contributed by atoms with Crippen molar-refractivity contribution in [2.45, 2.75) is 12.5 Å². The molecule has 0 spiro atoms. The summed E-state index contributed by atoms with van der Waals surface area (Å²) in [6.45, 7) is 0.660. The summed E-state index contributed by atoms with van der Waals surface area (Å²) in [6.07, 6.45) is 1.84. The molecule has 0 aliphatic carbocycles. The van der Waals surface area contributed by atoms with E-state index in [4.69, 9.17) is 9.15 Å². The molecule has 2 heterocycles. The fourth-order valence-electron chi connectivity index (χ4n) is 3.21. The van der Waals surface area contributed by atoms with Crippen LogP contribution >= 0.6 is 0 Å². The average Bonchev–Trinajstić information content (AvgIpc) is 3.25. The molecule has 136 valence electrons. The van der Waals surface area contributed by atoms with E-state index >= 15 is 0 Å². The second-order valence-electron chi connectivity index (χ2n) is 6.02. The molecule has 3 rings (SSSR count). The minimum atomic E-state index is -1.22. The maximum Gasteiger partial charge on any atom is 0.291 e. The van der Waals surface area contributed by atoms with E-state index in [1.54, 1.807) is 0 Å². The number of halogens is 1. The van der Waals surface area contributed by atoms with Crippen LogP contribution < -0.4 is 0 Å². The number of ether oxygens (including phenoxy) is 1. The molecule has 2 atom stereocenters. The van der Waals surface area contributed by atoms with Crippen LogP contribution in [0.15, 0.2) is 47.1 Å². The minimum absolute atomic E-state index is 0.0157. The van der Waals surface area contributed by atoms with Crippen LogP contribution in [0.2, 0.25) is 0 Å². The van der Waals surface area contributed by atoms with E-state index in [-0.39, 0.29) is 12.3 Å². The Kier molecular flexibility index (Phi) is 5.27. The zero-order valence-corrected chi connectivity index (χ0v) is 14.2. The lowest BCUT2D eigenvalue weighted by molar-refractivity contribution is -0.140. The van der Waals surface area contributed by atoms with Gasteiger partial charge in [-0.1, -0.05) is 12.1 Å². The van der Waals surface area contributed by atoms with Gasteiger partial charge in [-0.05, 0) is 36.2 Å². The third kappa shape index (κ3) is 3.30. The van der Waals surface area contributed by atoms with Gasteiger partial charge in [0.2, 0.25) is 11.6 Å². The zero-order chi connectivity index (χ0) is 18.7. The highest BCUT2D eigenvalue weighted by atomic mass is 19.1. The van der Waals surface area contributed by atoms with E-state index in [2.05, 4.69) is 0 Å². The van der Waals surface area contributed by atoms with Crippen molar-refractivity contribution in [3.8, 4) is 0 Å². The number of hydrogen-bond acceptors (Lipinski definition) is 5. The van der Waals surface area contributed by atoms with Crippen LogP contribution in [0.5, 0.6) is 0 Å². The topological polar surface area (TPSA) is 76.8 Å². The summed E-state index contributed by atoms with van der Waals surface area (Å²) in [5.74, 6) is -3.71. The number of amides is 1. The van der Waals surface area contributed by atoms with Crippen LogP contribution in [0, 0.1) is 11.7 Å². The molecular formula is C19H18FNO5. The van der Waals surface area contributed by atoms with Gasteiger partial charge in [0.25, 0.3) is 5.91 Å². The number of methoxy groups -OCH3 is 1. The maximum absolute atomic E-state index is 13.3. The van der Waals surface area contributed by atoms with Crippen molar-refractivity contribution in [3.05, 3.63) is 59.8 Å². The number of hydrogen-bond donors (Lipinski definition) is 0. The summed E-state index contributed by atoms with van der Waals surface area (Å²) in [6, 6.07) is 7.64. The van der Waals surface area contributed by atoms with Crippen molar-refractivity contribution < 1.29 is 27.9 Å². The number of furan rings is 1. The number of carbonyl (C=O) groups excluding carboxylic acids is 3. The predicted octanol–water partition coefficient (Wildman–Crippen LogP) is 2.41. The summed E-state index contributed by atoms with van der Waals surface area (Å²) in [7, 11) is 1.54. The third-order valence-electron chi connectivity index (χ3n) is 4.41. The van der Waals surface area contributed by atoms with Gasteiger partial charge in [-0.15, -0.1) is 0 Å². The van der Waals surface area contributed by atoms with Crippen LogP contribution in [0.25, 0.3) is 0 Å². The first-order valence-corrected chi connectivity index (χ1v) is 8.21. The number of benzene rings is 1. The van der Waals surface area contributed by atoms with Gasteiger partial charge in [-0.25, -0.2) is 4.39 Å². The molecule has 1 amide bonds. The smallest absolute Gasteiger partial charge is 0.291 e. The number of nitrogens with zero attached hydrogens (tertiary/aromatic N) is 1. The highest BCUT2D eigenvalue weighted by Crippen LogP contribution is 2.38. The maximum atomic E-state index is 13.3. The van der Waals surface area contributed by atoms with E-state index in [9.17, 15) is 18.8 Å². The first-order valence-electron chi connectivity index (χ1n) is 8.21. The minimum Gasteiger partial charge on any atom is -0.461 e. The molecule has 0 radical (unpaired) electrons. The summed E-state index contributed by atoms with van der Waals surface area (Å²) in [5.41, 5.74) is 0.521. The Balaban J connectivity index is 1.99. The zero-order valence-electron chi connectivity index (χ0n) is 14.2. The molecule has 1 aromatic heterocycles. The van der Waals surface area contributed by atoms with Crippen molar-refractivity contribution in [3.63, 3.8) is 0 Å². The summed E-state index contributed by atoms with van der Waals surface area (Å²) < 4.78 is 23.4. The Morgan fingerprint density at radius 3 is 2.58 bits per heavy atom. The fourth-order valence-corrected chi connectivity index (χ4v) is 3.21. The predicted molar refractivity (Wildman–Crippen MR) is 88.9 cm³/mol. The second-order valence-corrected chi connectivity index (χ2v) is 6.02. The average molecular weight is 359 g/mol. The molecule has 2 unspecified atom stereocenters. The Hall–Kier alpha value is -2.80. The van der Waals surface area contributed by atoms with Gasteiger partial charge >= 0.3 is 0 Å². The Labute approximate surface area is 149 Å². The molecule has 7 heteroatoms. The molecule has 6 nitrogen and oxygen atoms in total. The molecule has 1 aliphatic heterocycles. The van der Waals surface area contributed by atoms with Gasteiger partial charge in [0.1, 0.15) is 11.7 Å². The van der Waals surface area contributed by atoms with Gasteiger partial charge in [0.15, 0.2) is 5.76 Å². The number of rotatable bonds is 7. The number of likely N-dealkylation sites (tertiary alicyclic amines) is 1. The van der Waals surface area contributed by atoms with Gasteiger partial charge in [0, 0.05) is 20.3 Å². The largest absolute Gasteiger partial charge is 0.461 e. The lowest BCUT2D eigenvalue weighted by atomic mass is 9.88. The lowest BCUT2D eigenvalue weighted by Crippen LogP contribution is -2.32. The van der Waals surface area contributed by atoms with Crippen LogP contribution in [0.4, 0.5) is 4.39 Å². The molecule has 26 heavy (non-hydrogen) atoms. The molecule has 0 saturated carbocycles. The van der Waals surface area contributed by atoms with E-state index in [0.29, 0.717) is 18.6 Å². The Bertz CT molecular complexity index is 800. The molecule has 1 fully saturated rings. The number of Topliss-reactive ketones (excluding diaryl/α,β-unsaturated/α-hetero) is 2. The molecule has 0 bridgehead atoms. The first kappa shape index (κ1) is 18.0. The van der Waals surface area contributed by atoms with E-state index < -0.39 is 35.3 Å². The quantitative estimate of drug-likeness (QED) is 0.328. The Morgan fingerprint density at radius 1 is 1.23 bits per heavy atom. The van der Waals surface area contributed by atoms with E-state index in [1.807, 2.05) is 0 Å². The molecule has 1 aromatic carbocycles. The van der Waals surface area contributed by atoms with Gasteiger partial charge in [-0.2, -0.15) is 0 Å². The van der Waals surface area contributed by atoms with Crippen molar-refractivity contribution in [2.75, 3.05) is 20.3 Å². The van der Waals surface area contributed by atoms with Gasteiger partial charge < -0.3 is 14.1 Å². The third-order valence-corrected chi connectivity index (χ3v) is 4.41. The summed E-state index contributed by atoms with van der Waals surface area (Å²) in [4.78, 5) is 39.2. The number of carbonyl (C=O) groups is 3. The lowest BCUT2D eigenvalue weighted by Gasteiger charge is -2.26. The molecule has 1 aliphatic rings. The second kappa shape index (κ2) is 7.61. The van der Waals surface area contributed by atoms with Crippen LogP contribution in [0.3, 0.4) is 0 Å². The Morgan fingerprint density at radius 2 is 1.96 bits per heavy atom. The van der Waals surface area contributed by atoms with Gasteiger partial charge in [0.05, 0.1) is 12.3 Å². The van der Waals surface area contributed by atoms with Crippen molar-refractivity contribution in [1.82, 2.24) is 4.90 Å². The summed E-state index contributed by atoms with van der Waals surface area (Å²) in [5, 5.41) is 0. The highest BCUT2D eigenvalue weighted by Gasteiger charge is 2.51. The fraction of sp³-hybridized carbons (Fsp3) is 0.316. The molecule has 2 aromatic rings. The summed E-state index contributed by atoms with van der Waals surface area (Å²) >= 11 is 0. The van der Waals surface area contributed by atoms with Crippen molar-refractivity contribution >= 4 is 17.5 Å². The van der Waals surface area contributed by atoms with Crippen LogP contribution in [-0.4, -0.2) is 42.6 Å². The molecule has 0 N–H and O–H groups in total. The SMILES string of the molecule is COCCCN1C(=O)C(=O)C(C(=O)c2ccco2)C1c1ccc(F)cc1. The monoisotopic (exact) mass is 359 g/mol. The normalized spacial score (nSPS) is 20.0. The standard InChI is InChI=1S/C19H18FNO5/c1-25-10-3-9-21-16(12-5-7-13(20)8-6-12)15(18(23)19(21)24)17(22)14-4-2-11-26-14/h2,4-8,11,15-16H,3,9-10H2,1H3. The van der Waals surface area contributed by atoms with Crippen LogP contribution in [-0.2, 0) is 14.3 Å².